The third-order valence-corrected chi connectivity index (χ3v) is 4.31. The molecule has 1 rings (SSSR count). The number of hydrogen-bond donors (Lipinski definition) is 1. The zero-order chi connectivity index (χ0) is 20.8. The van der Waals surface area contributed by atoms with E-state index in [9.17, 15) is 32.8 Å². The highest BCUT2D eigenvalue weighted by Crippen LogP contribution is 2.24. The van der Waals surface area contributed by atoms with Crippen LogP contribution in [0.25, 0.3) is 0 Å². The highest BCUT2D eigenvalue weighted by atomic mass is 32.2. The Balaban J connectivity index is 2.83. The number of Topliss-reactive ketones (excluding diaryl/α,β-unsaturated/α-hetero) is 1. The van der Waals surface area contributed by atoms with Crippen LogP contribution >= 0.6 is 11.8 Å². The number of esters is 1. The molecular formula is C16H16F3N3O4S. The van der Waals surface area contributed by atoms with Gasteiger partial charge in [-0.05, 0) is 25.5 Å². The van der Waals surface area contributed by atoms with Crippen molar-refractivity contribution in [1.82, 2.24) is 10.3 Å². The number of ether oxygens (including phenoxy) is 1. The zero-order valence-corrected chi connectivity index (χ0v) is 15.5. The van der Waals surface area contributed by atoms with Crippen molar-refractivity contribution >= 4 is 29.4 Å². The number of nitriles is 1. The molecule has 0 aliphatic rings. The lowest BCUT2D eigenvalue weighted by atomic mass is 10.1. The number of carbonyl (C=O) groups is 3. The van der Waals surface area contributed by atoms with Crippen LogP contribution in [-0.2, 0) is 19.1 Å². The number of ketones is 1. The molecule has 11 heteroatoms. The Morgan fingerprint density at radius 2 is 2.00 bits per heavy atom. The third kappa shape index (κ3) is 6.56. The van der Waals surface area contributed by atoms with E-state index in [4.69, 9.17) is 0 Å². The molecule has 0 unspecified atom stereocenters. The summed E-state index contributed by atoms with van der Waals surface area (Å²) in [5.41, 5.74) is 1.59. The molecule has 0 spiro atoms. The van der Waals surface area contributed by atoms with Gasteiger partial charge in [-0.25, -0.2) is 9.78 Å². The lowest BCUT2D eigenvalue weighted by molar-refractivity contribution is -0.175. The second kappa shape index (κ2) is 9.36. The Kier molecular flexibility index (Phi) is 7.78. The fourth-order valence-corrected chi connectivity index (χ4v) is 3.03. The van der Waals surface area contributed by atoms with E-state index >= 15 is 0 Å². The van der Waals surface area contributed by atoms with Crippen molar-refractivity contribution in [3.63, 3.8) is 0 Å². The molecule has 0 bridgehead atoms. The van der Waals surface area contributed by atoms with E-state index in [-0.39, 0.29) is 11.3 Å². The Bertz CT molecular complexity index is 790. The minimum absolute atomic E-state index is 0.250. The van der Waals surface area contributed by atoms with Crippen LogP contribution in [-0.4, -0.2) is 47.7 Å². The Labute approximate surface area is 157 Å². The van der Waals surface area contributed by atoms with E-state index in [1.807, 2.05) is 6.07 Å². The van der Waals surface area contributed by atoms with Crippen LogP contribution in [0.3, 0.4) is 0 Å². The first-order valence-electron chi connectivity index (χ1n) is 7.48. The van der Waals surface area contributed by atoms with Gasteiger partial charge in [-0.1, -0.05) is 11.8 Å². The van der Waals surface area contributed by atoms with Crippen LogP contribution in [0.15, 0.2) is 11.1 Å². The van der Waals surface area contributed by atoms with Crippen molar-refractivity contribution < 1.29 is 32.3 Å². The second-order valence-electron chi connectivity index (χ2n) is 5.45. The third-order valence-electron chi connectivity index (χ3n) is 3.27. The molecule has 1 heterocycles. The molecular weight excluding hydrogens is 387 g/mol. The average molecular weight is 403 g/mol. The number of aryl methyl sites for hydroxylation is 2. The summed E-state index contributed by atoms with van der Waals surface area (Å²) in [6, 6.07) is 1.91. The molecule has 1 aromatic rings. The van der Waals surface area contributed by atoms with Gasteiger partial charge in [0.05, 0.1) is 18.4 Å². The number of carbonyl (C=O) groups excluding carboxylic acids is 3. The predicted molar refractivity (Wildman–Crippen MR) is 88.8 cm³/mol. The molecule has 146 valence electrons. The SMILES string of the molecule is COC(=O)[C@@H](CC(=O)CSc1nc(C)cc(C)c1C#N)NC(=O)C(F)(F)F. The number of methoxy groups -OCH3 is 1. The zero-order valence-electron chi connectivity index (χ0n) is 14.6. The largest absolute Gasteiger partial charge is 0.471 e. The maximum atomic E-state index is 12.4. The van der Waals surface area contributed by atoms with E-state index in [0.29, 0.717) is 16.3 Å². The van der Waals surface area contributed by atoms with Crippen molar-refractivity contribution in [3.8, 4) is 6.07 Å². The molecule has 0 saturated heterocycles. The molecule has 1 atom stereocenters. The first-order valence-corrected chi connectivity index (χ1v) is 8.46. The normalized spacial score (nSPS) is 12.0. The van der Waals surface area contributed by atoms with Gasteiger partial charge in [0.15, 0.2) is 0 Å². The summed E-state index contributed by atoms with van der Waals surface area (Å²) >= 11 is 0.924. The van der Waals surface area contributed by atoms with Gasteiger partial charge in [0.25, 0.3) is 0 Å². The molecule has 0 aliphatic heterocycles. The lowest BCUT2D eigenvalue weighted by Gasteiger charge is -2.16. The summed E-state index contributed by atoms with van der Waals surface area (Å²) in [5.74, 6) is -4.39. The highest BCUT2D eigenvalue weighted by Gasteiger charge is 2.41. The van der Waals surface area contributed by atoms with Crippen molar-refractivity contribution in [2.45, 2.75) is 37.5 Å². The van der Waals surface area contributed by atoms with Gasteiger partial charge in [-0.3, -0.25) is 9.59 Å². The maximum Gasteiger partial charge on any atom is 0.471 e. The van der Waals surface area contributed by atoms with Gasteiger partial charge in [0.2, 0.25) is 0 Å². The summed E-state index contributed by atoms with van der Waals surface area (Å²) in [7, 11) is 0.924. The van der Waals surface area contributed by atoms with Crippen molar-refractivity contribution in [1.29, 1.82) is 5.26 Å². The molecule has 0 fully saturated rings. The van der Waals surface area contributed by atoms with Gasteiger partial charge in [0, 0.05) is 12.1 Å². The second-order valence-corrected chi connectivity index (χ2v) is 6.41. The molecule has 0 aliphatic carbocycles. The van der Waals surface area contributed by atoms with Crippen LogP contribution < -0.4 is 5.32 Å². The number of alkyl halides is 3. The van der Waals surface area contributed by atoms with Crippen molar-refractivity contribution in [3.05, 3.63) is 22.9 Å². The van der Waals surface area contributed by atoms with Gasteiger partial charge in [-0.15, -0.1) is 0 Å². The number of nitrogens with one attached hydrogen (secondary N) is 1. The molecule has 1 amide bonds. The first kappa shape index (κ1) is 22.4. The number of amides is 1. The smallest absolute Gasteiger partial charge is 0.467 e. The standard InChI is InChI=1S/C16H16F3N3O4S/c1-8-4-9(2)21-13(11(8)6-20)27-7-10(23)5-12(14(24)26-3)22-15(25)16(17,18)19/h4,12H,5,7H2,1-3H3,(H,22,25)/t12-/m1/s1. The maximum absolute atomic E-state index is 12.4. The molecule has 0 saturated carbocycles. The van der Waals surface area contributed by atoms with Crippen molar-refractivity contribution in [2.24, 2.45) is 0 Å². The van der Waals surface area contributed by atoms with E-state index < -0.39 is 36.3 Å². The van der Waals surface area contributed by atoms with Gasteiger partial charge >= 0.3 is 18.1 Å². The van der Waals surface area contributed by atoms with E-state index in [1.54, 1.807) is 19.9 Å². The number of aromatic nitrogens is 1. The number of pyridine rings is 1. The molecule has 1 aromatic heterocycles. The lowest BCUT2D eigenvalue weighted by Crippen LogP contribution is -2.48. The van der Waals surface area contributed by atoms with E-state index in [0.717, 1.165) is 18.9 Å². The number of rotatable bonds is 7. The molecule has 0 aromatic carbocycles. The van der Waals surface area contributed by atoms with Crippen LogP contribution in [0, 0.1) is 25.2 Å². The summed E-state index contributed by atoms with van der Waals surface area (Å²) in [6.45, 7) is 3.42. The first-order chi connectivity index (χ1) is 12.5. The van der Waals surface area contributed by atoms with Crippen LogP contribution in [0.5, 0.6) is 0 Å². The van der Waals surface area contributed by atoms with Gasteiger partial charge < -0.3 is 10.1 Å². The Morgan fingerprint density at radius 3 is 2.52 bits per heavy atom. The molecule has 27 heavy (non-hydrogen) atoms. The summed E-state index contributed by atoms with van der Waals surface area (Å²) in [6.07, 6.45) is -5.89. The monoisotopic (exact) mass is 403 g/mol. The minimum Gasteiger partial charge on any atom is -0.467 e. The molecule has 7 nitrogen and oxygen atoms in total. The summed E-state index contributed by atoms with van der Waals surface area (Å²) in [5, 5.41) is 10.9. The summed E-state index contributed by atoms with van der Waals surface area (Å²) in [4.78, 5) is 38.8. The number of halogens is 3. The topological polar surface area (TPSA) is 109 Å². The quantitative estimate of drug-likeness (QED) is 0.546. The van der Waals surface area contributed by atoms with Crippen LogP contribution in [0.1, 0.15) is 23.2 Å². The van der Waals surface area contributed by atoms with Crippen molar-refractivity contribution in [2.75, 3.05) is 12.9 Å². The molecule has 1 N–H and O–H groups in total. The van der Waals surface area contributed by atoms with E-state index in [1.165, 1.54) is 5.32 Å². The average Bonchev–Trinajstić information content (AvgIpc) is 2.57. The van der Waals surface area contributed by atoms with Crippen LogP contribution in [0.4, 0.5) is 13.2 Å². The van der Waals surface area contributed by atoms with Gasteiger partial charge in [-0.2, -0.15) is 18.4 Å². The van der Waals surface area contributed by atoms with Crippen LogP contribution in [0.2, 0.25) is 0 Å². The fraction of sp³-hybridized carbons (Fsp3) is 0.438. The van der Waals surface area contributed by atoms with E-state index in [2.05, 4.69) is 9.72 Å². The molecule has 0 radical (unpaired) electrons. The predicted octanol–water partition coefficient (Wildman–Crippen LogP) is 1.84. The highest BCUT2D eigenvalue weighted by molar-refractivity contribution is 8.00. The Hall–Kier alpha value is -2.61. The summed E-state index contributed by atoms with van der Waals surface area (Å²) < 4.78 is 41.4. The fourth-order valence-electron chi connectivity index (χ4n) is 2.05. The minimum atomic E-state index is -5.20. The Morgan fingerprint density at radius 1 is 1.37 bits per heavy atom. The number of hydrogen-bond acceptors (Lipinski definition) is 7. The number of nitrogens with zero attached hydrogens (tertiary/aromatic N) is 2. The number of thioether (sulfide) groups is 1. The van der Waals surface area contributed by atoms with Gasteiger partial charge in [0.1, 0.15) is 22.9 Å².